The van der Waals surface area contributed by atoms with Crippen LogP contribution in [-0.4, -0.2) is 25.7 Å². The lowest BCUT2D eigenvalue weighted by molar-refractivity contribution is 0.102. The maximum Gasteiger partial charge on any atom is 0.255 e. The first-order chi connectivity index (χ1) is 14.2. The Morgan fingerprint density at radius 1 is 0.793 bits per heavy atom. The smallest absolute Gasteiger partial charge is 0.255 e. The van der Waals surface area contributed by atoms with Gasteiger partial charge in [0.15, 0.2) is 0 Å². The van der Waals surface area contributed by atoms with E-state index in [9.17, 15) is 4.79 Å². The van der Waals surface area contributed by atoms with Gasteiger partial charge in [-0.05, 0) is 42.5 Å². The van der Waals surface area contributed by atoms with Crippen molar-refractivity contribution in [3.63, 3.8) is 0 Å². The molecule has 0 unspecified atom stereocenters. The normalized spacial score (nSPS) is 10.1. The molecule has 3 rings (SSSR count). The number of hydrogen-bond donors (Lipinski definition) is 1. The molecule has 0 heterocycles. The zero-order valence-corrected chi connectivity index (χ0v) is 16.0. The Balaban J connectivity index is 1.53. The lowest BCUT2D eigenvalue weighted by Gasteiger charge is -2.10. The van der Waals surface area contributed by atoms with Crippen molar-refractivity contribution < 1.29 is 19.0 Å². The largest absolute Gasteiger partial charge is 0.490 e. The van der Waals surface area contributed by atoms with E-state index in [4.69, 9.17) is 14.2 Å². The predicted octanol–water partition coefficient (Wildman–Crippen LogP) is 4.96. The first-order valence-corrected chi connectivity index (χ1v) is 9.30. The average Bonchev–Trinajstić information content (AvgIpc) is 2.76. The topological polar surface area (TPSA) is 56.8 Å². The molecule has 0 saturated heterocycles. The molecule has 0 spiro atoms. The number of ether oxygens (including phenoxy) is 3. The highest BCUT2D eigenvalue weighted by Crippen LogP contribution is 2.19. The van der Waals surface area contributed by atoms with Crippen LogP contribution in [0.4, 0.5) is 5.69 Å². The molecule has 1 amide bonds. The summed E-state index contributed by atoms with van der Waals surface area (Å²) in [7, 11) is 0. The summed E-state index contributed by atoms with van der Waals surface area (Å²) in [6.45, 7) is 4.82. The fourth-order valence-electron chi connectivity index (χ4n) is 2.58. The van der Waals surface area contributed by atoms with E-state index in [2.05, 4.69) is 11.9 Å². The second-order valence-electron chi connectivity index (χ2n) is 6.12. The maximum atomic E-state index is 12.6. The average molecular weight is 389 g/mol. The summed E-state index contributed by atoms with van der Waals surface area (Å²) in [6, 6.07) is 23.8. The van der Waals surface area contributed by atoms with E-state index in [0.717, 1.165) is 5.75 Å². The van der Waals surface area contributed by atoms with Crippen molar-refractivity contribution in [1.29, 1.82) is 0 Å². The van der Waals surface area contributed by atoms with Crippen LogP contribution < -0.4 is 19.5 Å². The fraction of sp³-hybridized carbons (Fsp3) is 0.125. The SMILES string of the molecule is C=CCOc1cccc(NC(=O)c2cccc(OCCOc3ccccc3)c2)c1. The molecule has 0 atom stereocenters. The summed E-state index contributed by atoms with van der Waals surface area (Å²) in [5.41, 5.74) is 1.16. The molecule has 5 nitrogen and oxygen atoms in total. The molecule has 0 aromatic heterocycles. The molecule has 0 bridgehead atoms. The summed E-state index contributed by atoms with van der Waals surface area (Å²) in [6.07, 6.45) is 1.67. The van der Waals surface area contributed by atoms with E-state index >= 15 is 0 Å². The first-order valence-electron chi connectivity index (χ1n) is 9.30. The molecule has 0 aliphatic rings. The van der Waals surface area contributed by atoms with E-state index in [0.29, 0.717) is 42.6 Å². The zero-order valence-electron chi connectivity index (χ0n) is 16.0. The second-order valence-corrected chi connectivity index (χ2v) is 6.12. The zero-order chi connectivity index (χ0) is 20.3. The molecule has 0 fully saturated rings. The number of carbonyl (C=O) groups excluding carboxylic acids is 1. The van der Waals surface area contributed by atoms with Gasteiger partial charge in [0.1, 0.15) is 37.1 Å². The van der Waals surface area contributed by atoms with Gasteiger partial charge < -0.3 is 19.5 Å². The number of benzene rings is 3. The van der Waals surface area contributed by atoms with E-state index in [-0.39, 0.29) is 5.91 Å². The van der Waals surface area contributed by atoms with Crippen LogP contribution in [0.15, 0.2) is 91.5 Å². The summed E-state index contributed by atoms with van der Waals surface area (Å²) < 4.78 is 16.8. The van der Waals surface area contributed by atoms with Crippen LogP contribution in [0.1, 0.15) is 10.4 Å². The number of hydrogen-bond acceptors (Lipinski definition) is 4. The number of nitrogens with one attached hydrogen (secondary N) is 1. The van der Waals surface area contributed by atoms with Crippen molar-refractivity contribution in [2.45, 2.75) is 0 Å². The summed E-state index contributed by atoms with van der Waals surface area (Å²) in [5, 5.41) is 2.87. The van der Waals surface area contributed by atoms with E-state index in [1.54, 1.807) is 36.4 Å². The molecular weight excluding hydrogens is 366 g/mol. The van der Waals surface area contributed by atoms with Crippen LogP contribution in [0.2, 0.25) is 0 Å². The molecular formula is C24H23NO4. The molecule has 0 aliphatic heterocycles. The molecule has 148 valence electrons. The highest BCUT2D eigenvalue weighted by molar-refractivity contribution is 6.04. The molecule has 5 heteroatoms. The van der Waals surface area contributed by atoms with E-state index in [1.807, 2.05) is 48.5 Å². The third kappa shape index (κ3) is 6.43. The van der Waals surface area contributed by atoms with Gasteiger partial charge in [-0.25, -0.2) is 0 Å². The number of rotatable bonds is 10. The number of carbonyl (C=O) groups is 1. The van der Waals surface area contributed by atoms with Crippen LogP contribution in [0.3, 0.4) is 0 Å². The standard InChI is InChI=1S/C24H23NO4/c1-2-14-27-23-13-7-9-20(18-23)25-24(26)19-8-6-12-22(17-19)29-16-15-28-21-10-4-3-5-11-21/h2-13,17-18H,1,14-16H2,(H,25,26). The number of amides is 1. The molecule has 3 aromatic rings. The van der Waals surface area contributed by atoms with Gasteiger partial charge >= 0.3 is 0 Å². The second kappa shape index (κ2) is 10.6. The van der Waals surface area contributed by atoms with Crippen molar-refractivity contribution in [2.24, 2.45) is 0 Å². The summed E-state index contributed by atoms with van der Waals surface area (Å²) in [4.78, 5) is 12.6. The molecule has 29 heavy (non-hydrogen) atoms. The lowest BCUT2D eigenvalue weighted by atomic mass is 10.2. The van der Waals surface area contributed by atoms with Crippen LogP contribution in [-0.2, 0) is 0 Å². The summed E-state index contributed by atoms with van der Waals surface area (Å²) in [5.74, 6) is 1.84. The van der Waals surface area contributed by atoms with Gasteiger partial charge in [-0.2, -0.15) is 0 Å². The highest BCUT2D eigenvalue weighted by Gasteiger charge is 2.08. The fourth-order valence-corrected chi connectivity index (χ4v) is 2.58. The lowest BCUT2D eigenvalue weighted by Crippen LogP contribution is -2.13. The monoisotopic (exact) mass is 389 g/mol. The molecule has 0 saturated carbocycles. The molecule has 0 radical (unpaired) electrons. The highest BCUT2D eigenvalue weighted by atomic mass is 16.5. The third-order valence-corrected chi connectivity index (χ3v) is 3.92. The Morgan fingerprint density at radius 3 is 2.21 bits per heavy atom. The van der Waals surface area contributed by atoms with Gasteiger partial charge in [0.25, 0.3) is 5.91 Å². The van der Waals surface area contributed by atoms with Crippen LogP contribution in [0.5, 0.6) is 17.2 Å². The number of para-hydroxylation sites is 1. The Bertz CT molecular complexity index is 940. The first kappa shape index (κ1) is 20.0. The van der Waals surface area contributed by atoms with Gasteiger partial charge in [-0.1, -0.05) is 43.0 Å². The van der Waals surface area contributed by atoms with E-state index in [1.165, 1.54) is 0 Å². The predicted molar refractivity (Wildman–Crippen MR) is 114 cm³/mol. The van der Waals surface area contributed by atoms with Crippen molar-refractivity contribution in [2.75, 3.05) is 25.1 Å². The Kier molecular flexibility index (Phi) is 7.29. The maximum absolute atomic E-state index is 12.6. The van der Waals surface area contributed by atoms with Gasteiger partial charge in [-0.3, -0.25) is 4.79 Å². The molecule has 3 aromatic carbocycles. The van der Waals surface area contributed by atoms with Crippen molar-refractivity contribution in [1.82, 2.24) is 0 Å². The van der Waals surface area contributed by atoms with Gasteiger partial charge in [0.2, 0.25) is 0 Å². The van der Waals surface area contributed by atoms with Crippen molar-refractivity contribution >= 4 is 11.6 Å². The third-order valence-electron chi connectivity index (χ3n) is 3.92. The van der Waals surface area contributed by atoms with Crippen LogP contribution in [0.25, 0.3) is 0 Å². The Hall–Kier alpha value is -3.73. The molecule has 1 N–H and O–H groups in total. The Labute approximate surface area is 170 Å². The van der Waals surface area contributed by atoms with Gasteiger partial charge in [0.05, 0.1) is 0 Å². The van der Waals surface area contributed by atoms with E-state index < -0.39 is 0 Å². The van der Waals surface area contributed by atoms with Crippen LogP contribution in [0, 0.1) is 0 Å². The minimum absolute atomic E-state index is 0.225. The van der Waals surface area contributed by atoms with Crippen LogP contribution >= 0.6 is 0 Å². The van der Waals surface area contributed by atoms with Gasteiger partial charge in [0, 0.05) is 17.3 Å². The summed E-state index contributed by atoms with van der Waals surface area (Å²) >= 11 is 0. The van der Waals surface area contributed by atoms with Crippen molar-refractivity contribution in [3.8, 4) is 17.2 Å². The number of anilines is 1. The van der Waals surface area contributed by atoms with Crippen molar-refractivity contribution in [3.05, 3.63) is 97.1 Å². The Morgan fingerprint density at radius 2 is 1.45 bits per heavy atom. The quantitative estimate of drug-likeness (QED) is 0.393. The molecule has 0 aliphatic carbocycles. The minimum atomic E-state index is -0.225. The van der Waals surface area contributed by atoms with Gasteiger partial charge in [-0.15, -0.1) is 0 Å². The minimum Gasteiger partial charge on any atom is -0.490 e.